The van der Waals surface area contributed by atoms with Crippen molar-refractivity contribution in [3.63, 3.8) is 0 Å². The van der Waals surface area contributed by atoms with Gasteiger partial charge in [-0.2, -0.15) is 0 Å². The van der Waals surface area contributed by atoms with Crippen LogP contribution in [0.3, 0.4) is 0 Å². The van der Waals surface area contributed by atoms with Crippen molar-refractivity contribution in [2.75, 3.05) is 17.7 Å². The number of halogens is 1. The van der Waals surface area contributed by atoms with Gasteiger partial charge in [0, 0.05) is 18.8 Å². The molecule has 96 valence electrons. The molecular formula is C13H15ClN2O2. The fourth-order valence-electron chi connectivity index (χ4n) is 2.45. The predicted octanol–water partition coefficient (Wildman–Crippen LogP) is 2.42. The van der Waals surface area contributed by atoms with Gasteiger partial charge in [-0.3, -0.25) is 4.79 Å². The number of hydrogen-bond acceptors (Lipinski definition) is 3. The molecule has 1 saturated carbocycles. The second kappa shape index (κ2) is 4.44. The highest BCUT2D eigenvalue weighted by molar-refractivity contribution is 6.33. The Hall–Kier alpha value is -1.26. The third kappa shape index (κ3) is 2.06. The number of amides is 1. The van der Waals surface area contributed by atoms with Gasteiger partial charge in [0.15, 0.2) is 0 Å². The number of rotatable bonds is 3. The molecule has 0 saturated heterocycles. The van der Waals surface area contributed by atoms with Gasteiger partial charge in [0.2, 0.25) is 5.91 Å². The molecule has 1 aromatic carbocycles. The first kappa shape index (κ1) is 11.8. The van der Waals surface area contributed by atoms with Crippen molar-refractivity contribution in [2.45, 2.75) is 31.4 Å². The molecule has 1 aromatic rings. The molecule has 0 atom stereocenters. The minimum absolute atomic E-state index is 0.0290. The third-order valence-electron chi connectivity index (χ3n) is 3.61. The van der Waals surface area contributed by atoms with Crippen molar-refractivity contribution in [1.82, 2.24) is 0 Å². The van der Waals surface area contributed by atoms with E-state index < -0.39 is 0 Å². The van der Waals surface area contributed by atoms with Crippen molar-refractivity contribution in [2.24, 2.45) is 0 Å². The highest BCUT2D eigenvalue weighted by atomic mass is 35.5. The lowest BCUT2D eigenvalue weighted by atomic mass is 9.89. The molecule has 1 aliphatic heterocycles. The first-order valence-electron chi connectivity index (χ1n) is 6.07. The molecule has 0 spiro atoms. The zero-order valence-corrected chi connectivity index (χ0v) is 10.9. The molecule has 3 rings (SSSR count). The Morgan fingerprint density at radius 1 is 1.44 bits per heavy atom. The van der Waals surface area contributed by atoms with Crippen molar-refractivity contribution < 1.29 is 9.53 Å². The van der Waals surface area contributed by atoms with Crippen LogP contribution in [-0.2, 0) is 16.0 Å². The summed E-state index contributed by atoms with van der Waals surface area (Å²) in [4.78, 5) is 11.3. The first-order chi connectivity index (χ1) is 8.65. The van der Waals surface area contributed by atoms with Gasteiger partial charge in [-0.25, -0.2) is 0 Å². The lowest BCUT2D eigenvalue weighted by molar-refractivity contribution is -0.115. The summed E-state index contributed by atoms with van der Waals surface area (Å²) in [6.45, 7) is 0. The highest BCUT2D eigenvalue weighted by Gasteiger charge is 2.29. The molecular weight excluding hydrogens is 252 g/mol. The van der Waals surface area contributed by atoms with E-state index in [1.165, 1.54) is 0 Å². The molecule has 4 nitrogen and oxygen atoms in total. The average Bonchev–Trinajstić information content (AvgIpc) is 2.62. The van der Waals surface area contributed by atoms with Crippen molar-refractivity contribution >= 4 is 28.9 Å². The minimum Gasteiger partial charge on any atom is -0.381 e. The number of nitrogens with one attached hydrogen (secondary N) is 2. The summed E-state index contributed by atoms with van der Waals surface area (Å²) >= 11 is 6.21. The van der Waals surface area contributed by atoms with Crippen molar-refractivity contribution in [3.8, 4) is 0 Å². The summed E-state index contributed by atoms with van der Waals surface area (Å²) in [5.74, 6) is 0.0290. The highest BCUT2D eigenvalue weighted by Crippen LogP contribution is 2.35. The van der Waals surface area contributed by atoms with Crippen LogP contribution in [0.1, 0.15) is 18.4 Å². The van der Waals surface area contributed by atoms with Gasteiger partial charge in [0.25, 0.3) is 0 Å². The molecule has 1 amide bonds. The number of fused-ring (bicyclic) bond motifs is 1. The van der Waals surface area contributed by atoms with Crippen molar-refractivity contribution in [1.29, 1.82) is 0 Å². The zero-order chi connectivity index (χ0) is 12.7. The maximum atomic E-state index is 11.3. The number of carbonyl (C=O) groups is 1. The van der Waals surface area contributed by atoms with E-state index in [2.05, 4.69) is 10.6 Å². The van der Waals surface area contributed by atoms with Crippen molar-refractivity contribution in [3.05, 3.63) is 22.7 Å². The second-order valence-electron chi connectivity index (χ2n) is 4.88. The number of carbonyl (C=O) groups excluding carboxylic acids is 1. The Morgan fingerprint density at radius 3 is 2.94 bits per heavy atom. The fraction of sp³-hybridized carbons (Fsp3) is 0.462. The number of benzene rings is 1. The van der Waals surface area contributed by atoms with Crippen LogP contribution in [0.15, 0.2) is 12.1 Å². The van der Waals surface area contributed by atoms with E-state index in [1.54, 1.807) is 7.11 Å². The smallest absolute Gasteiger partial charge is 0.228 e. The van der Waals surface area contributed by atoms with Gasteiger partial charge in [0.05, 0.1) is 23.2 Å². The van der Waals surface area contributed by atoms with Crippen LogP contribution < -0.4 is 10.6 Å². The normalized spacial score (nSPS) is 25.3. The maximum absolute atomic E-state index is 11.3. The van der Waals surface area contributed by atoms with Crippen LogP contribution in [0.25, 0.3) is 0 Å². The van der Waals surface area contributed by atoms with E-state index in [0.29, 0.717) is 23.6 Å². The van der Waals surface area contributed by atoms with Crippen LogP contribution in [0.4, 0.5) is 11.4 Å². The molecule has 0 aromatic heterocycles. The van der Waals surface area contributed by atoms with E-state index in [9.17, 15) is 4.79 Å². The summed E-state index contributed by atoms with van der Waals surface area (Å²) < 4.78 is 5.24. The molecule has 2 aliphatic rings. The molecule has 0 bridgehead atoms. The van der Waals surface area contributed by atoms with Crippen LogP contribution in [0, 0.1) is 0 Å². The van der Waals surface area contributed by atoms with E-state index in [4.69, 9.17) is 16.3 Å². The van der Waals surface area contributed by atoms with Gasteiger partial charge in [0.1, 0.15) is 0 Å². The Labute approximate surface area is 111 Å². The predicted molar refractivity (Wildman–Crippen MR) is 71.2 cm³/mol. The summed E-state index contributed by atoms with van der Waals surface area (Å²) in [6, 6.07) is 4.20. The average molecular weight is 267 g/mol. The third-order valence-corrected chi connectivity index (χ3v) is 3.92. The Balaban J connectivity index is 1.74. The van der Waals surface area contributed by atoms with Crippen LogP contribution in [-0.4, -0.2) is 25.2 Å². The number of methoxy groups -OCH3 is 1. The maximum Gasteiger partial charge on any atom is 0.228 e. The van der Waals surface area contributed by atoms with Gasteiger partial charge in [-0.15, -0.1) is 0 Å². The van der Waals surface area contributed by atoms with E-state index in [0.717, 1.165) is 29.8 Å². The molecule has 0 unspecified atom stereocenters. The monoisotopic (exact) mass is 266 g/mol. The van der Waals surface area contributed by atoms with E-state index >= 15 is 0 Å². The molecule has 2 N–H and O–H groups in total. The standard InChI is InChI=1S/C13H15ClN2O2/c1-18-9-4-8(5-9)15-12-2-7-3-13(17)16-11(7)6-10(12)14/h2,6,8-9,15H,3-5H2,1H3,(H,16,17). The Bertz CT molecular complexity index is 498. The fourth-order valence-corrected chi connectivity index (χ4v) is 2.67. The summed E-state index contributed by atoms with van der Waals surface area (Å²) in [6.07, 6.45) is 2.80. The topological polar surface area (TPSA) is 50.4 Å². The molecule has 0 radical (unpaired) electrons. The Kier molecular flexibility index (Phi) is 2.92. The number of ether oxygens (including phenoxy) is 1. The molecule has 5 heteroatoms. The number of anilines is 2. The molecule has 1 aliphatic carbocycles. The first-order valence-corrected chi connectivity index (χ1v) is 6.45. The molecule has 18 heavy (non-hydrogen) atoms. The largest absolute Gasteiger partial charge is 0.381 e. The SMILES string of the molecule is COC1CC(Nc2cc3c(cc2Cl)NC(=O)C3)C1. The lowest BCUT2D eigenvalue weighted by Crippen LogP contribution is -2.40. The van der Waals surface area contributed by atoms with E-state index in [1.807, 2.05) is 12.1 Å². The van der Waals surface area contributed by atoms with Gasteiger partial charge in [-0.05, 0) is 30.5 Å². The minimum atomic E-state index is 0.0290. The van der Waals surface area contributed by atoms with Gasteiger partial charge < -0.3 is 15.4 Å². The summed E-state index contributed by atoms with van der Waals surface area (Å²) in [5, 5.41) is 6.85. The lowest BCUT2D eigenvalue weighted by Gasteiger charge is -2.35. The van der Waals surface area contributed by atoms with Crippen LogP contribution >= 0.6 is 11.6 Å². The van der Waals surface area contributed by atoms with Gasteiger partial charge in [-0.1, -0.05) is 11.6 Å². The molecule has 1 heterocycles. The van der Waals surface area contributed by atoms with Crippen LogP contribution in [0.5, 0.6) is 0 Å². The Morgan fingerprint density at radius 2 is 2.22 bits per heavy atom. The van der Waals surface area contributed by atoms with E-state index in [-0.39, 0.29) is 5.91 Å². The van der Waals surface area contributed by atoms with Gasteiger partial charge >= 0.3 is 0 Å². The second-order valence-corrected chi connectivity index (χ2v) is 5.29. The zero-order valence-electron chi connectivity index (χ0n) is 10.1. The summed E-state index contributed by atoms with van der Waals surface area (Å²) in [5.41, 5.74) is 2.75. The summed E-state index contributed by atoms with van der Waals surface area (Å²) in [7, 11) is 1.74. The quantitative estimate of drug-likeness (QED) is 0.883. The van der Waals surface area contributed by atoms with Crippen LogP contribution in [0.2, 0.25) is 5.02 Å². The molecule has 1 fully saturated rings. The number of hydrogen-bond donors (Lipinski definition) is 2.